The lowest BCUT2D eigenvalue weighted by Crippen LogP contribution is -2.46. The molecular weight excluding hydrogens is 270 g/mol. The van der Waals surface area contributed by atoms with Crippen molar-refractivity contribution in [2.45, 2.75) is 44.8 Å². The summed E-state index contributed by atoms with van der Waals surface area (Å²) in [6.45, 7) is 12.6. The van der Waals surface area contributed by atoms with Gasteiger partial charge in [0.05, 0.1) is 0 Å². The number of hydrogen-bond donors (Lipinski definition) is 1. The van der Waals surface area contributed by atoms with Crippen LogP contribution in [0.5, 0.6) is 0 Å². The second-order valence-corrected chi connectivity index (χ2v) is 5.97. The Balaban J connectivity index is 2.53. The van der Waals surface area contributed by atoms with Crippen LogP contribution in [0.15, 0.2) is 37.0 Å². The Kier molecular flexibility index (Phi) is 5.35. The van der Waals surface area contributed by atoms with Crippen molar-refractivity contribution in [3.8, 4) is 0 Å². The molecule has 1 saturated carbocycles. The summed E-state index contributed by atoms with van der Waals surface area (Å²) in [4.78, 5) is 23.8. The molecule has 0 unspecified atom stereocenters. The molecule has 0 bridgehead atoms. The van der Waals surface area contributed by atoms with Gasteiger partial charge < -0.3 is 14.8 Å². The third-order valence-electron chi connectivity index (χ3n) is 2.85. The minimum atomic E-state index is -0.942. The molecule has 0 radical (unpaired) electrons. The lowest BCUT2D eigenvalue weighted by molar-refractivity contribution is -0.146. The smallest absolute Gasteiger partial charge is 0.408 e. The molecule has 1 aliphatic rings. The van der Waals surface area contributed by atoms with Crippen molar-refractivity contribution >= 4 is 12.1 Å². The number of alkyl carbamates (subject to hydrolysis) is 1. The SMILES string of the molecule is C=C/C=C(\C=C)COC(=O)C1(NC(=O)OC(C)(C)C)CC1. The van der Waals surface area contributed by atoms with Crippen LogP contribution in [0.25, 0.3) is 0 Å². The van der Waals surface area contributed by atoms with Gasteiger partial charge in [0.2, 0.25) is 0 Å². The van der Waals surface area contributed by atoms with Crippen LogP contribution < -0.4 is 5.32 Å². The van der Waals surface area contributed by atoms with Gasteiger partial charge in [-0.1, -0.05) is 31.4 Å². The number of nitrogens with one attached hydrogen (secondary N) is 1. The molecule has 1 amide bonds. The van der Waals surface area contributed by atoms with Gasteiger partial charge in [-0.2, -0.15) is 0 Å². The van der Waals surface area contributed by atoms with Crippen LogP contribution in [0.3, 0.4) is 0 Å². The first kappa shape index (κ1) is 17.0. The molecule has 0 aromatic heterocycles. The third kappa shape index (κ3) is 5.45. The lowest BCUT2D eigenvalue weighted by atomic mass is 10.2. The third-order valence-corrected chi connectivity index (χ3v) is 2.85. The van der Waals surface area contributed by atoms with Crippen LogP contribution in [-0.2, 0) is 14.3 Å². The average molecular weight is 293 g/mol. The molecule has 0 heterocycles. The summed E-state index contributed by atoms with van der Waals surface area (Å²) in [5.74, 6) is -0.454. The van der Waals surface area contributed by atoms with Crippen LogP contribution in [0.2, 0.25) is 0 Å². The number of allylic oxidation sites excluding steroid dienone is 2. The number of hydrogen-bond acceptors (Lipinski definition) is 4. The Hall–Kier alpha value is -2.04. The predicted molar refractivity (Wildman–Crippen MR) is 80.8 cm³/mol. The second-order valence-electron chi connectivity index (χ2n) is 5.97. The van der Waals surface area contributed by atoms with Gasteiger partial charge in [0, 0.05) is 0 Å². The molecule has 0 spiro atoms. The molecule has 5 heteroatoms. The van der Waals surface area contributed by atoms with Crippen molar-refractivity contribution in [2.24, 2.45) is 0 Å². The molecule has 116 valence electrons. The van der Waals surface area contributed by atoms with E-state index < -0.39 is 23.2 Å². The second kappa shape index (κ2) is 6.61. The maximum absolute atomic E-state index is 12.1. The highest BCUT2D eigenvalue weighted by molar-refractivity contribution is 5.89. The zero-order chi connectivity index (χ0) is 16.1. The van der Waals surface area contributed by atoms with Gasteiger partial charge in [-0.3, -0.25) is 0 Å². The summed E-state index contributed by atoms with van der Waals surface area (Å²) in [5, 5.41) is 2.60. The van der Waals surface area contributed by atoms with E-state index in [-0.39, 0.29) is 6.61 Å². The molecule has 0 aromatic rings. The topological polar surface area (TPSA) is 64.6 Å². The van der Waals surface area contributed by atoms with Crippen molar-refractivity contribution in [2.75, 3.05) is 6.61 Å². The normalized spacial score (nSPS) is 16.6. The van der Waals surface area contributed by atoms with E-state index in [0.717, 1.165) is 5.57 Å². The highest BCUT2D eigenvalue weighted by Crippen LogP contribution is 2.37. The van der Waals surface area contributed by atoms with E-state index in [2.05, 4.69) is 18.5 Å². The molecule has 0 aromatic carbocycles. The Morgan fingerprint density at radius 2 is 1.90 bits per heavy atom. The van der Waals surface area contributed by atoms with Crippen molar-refractivity contribution < 1.29 is 19.1 Å². The van der Waals surface area contributed by atoms with Crippen molar-refractivity contribution in [3.05, 3.63) is 37.0 Å². The van der Waals surface area contributed by atoms with Gasteiger partial charge in [-0.05, 0) is 39.2 Å². The number of carbonyl (C=O) groups is 2. The summed E-state index contributed by atoms with van der Waals surface area (Å²) < 4.78 is 10.4. The minimum absolute atomic E-state index is 0.103. The van der Waals surface area contributed by atoms with Crippen LogP contribution >= 0.6 is 0 Å². The molecular formula is C16H23NO4. The van der Waals surface area contributed by atoms with Crippen molar-refractivity contribution in [3.63, 3.8) is 0 Å². The Labute approximate surface area is 125 Å². The summed E-state index contributed by atoms with van der Waals surface area (Å²) >= 11 is 0. The van der Waals surface area contributed by atoms with E-state index in [0.29, 0.717) is 12.8 Å². The zero-order valence-corrected chi connectivity index (χ0v) is 12.9. The van der Waals surface area contributed by atoms with Gasteiger partial charge in [0.15, 0.2) is 0 Å². The van der Waals surface area contributed by atoms with Crippen molar-refractivity contribution in [1.82, 2.24) is 5.32 Å². The number of carbonyl (C=O) groups excluding carboxylic acids is 2. The monoisotopic (exact) mass is 293 g/mol. The highest BCUT2D eigenvalue weighted by Gasteiger charge is 2.53. The van der Waals surface area contributed by atoms with Gasteiger partial charge >= 0.3 is 12.1 Å². The van der Waals surface area contributed by atoms with Crippen LogP contribution in [-0.4, -0.2) is 29.8 Å². The number of rotatable bonds is 6. The molecule has 0 atom stereocenters. The molecule has 0 saturated heterocycles. The first-order valence-electron chi connectivity index (χ1n) is 6.85. The van der Waals surface area contributed by atoms with E-state index in [4.69, 9.17) is 9.47 Å². The minimum Gasteiger partial charge on any atom is -0.459 e. The van der Waals surface area contributed by atoms with Crippen LogP contribution in [0.1, 0.15) is 33.6 Å². The van der Waals surface area contributed by atoms with E-state index in [1.165, 1.54) is 0 Å². The van der Waals surface area contributed by atoms with Crippen LogP contribution in [0, 0.1) is 0 Å². The standard InChI is InChI=1S/C16H23NO4/c1-6-8-12(7-2)11-20-13(18)16(9-10-16)17-14(19)21-15(3,4)5/h6-8H,1-2,9-11H2,3-5H3,(H,17,19)/b12-8+. The molecule has 21 heavy (non-hydrogen) atoms. The maximum atomic E-state index is 12.1. The van der Waals surface area contributed by atoms with Gasteiger partial charge in [-0.15, -0.1) is 0 Å². The maximum Gasteiger partial charge on any atom is 0.408 e. The zero-order valence-electron chi connectivity index (χ0n) is 12.9. The summed E-state index contributed by atoms with van der Waals surface area (Å²) in [5.41, 5.74) is -0.804. The average Bonchev–Trinajstić information content (AvgIpc) is 3.12. The Bertz CT molecular complexity index is 467. The van der Waals surface area contributed by atoms with Gasteiger partial charge in [0.25, 0.3) is 0 Å². The molecule has 5 nitrogen and oxygen atoms in total. The number of ether oxygens (including phenoxy) is 2. The first-order chi connectivity index (χ1) is 9.72. The fourth-order valence-electron chi connectivity index (χ4n) is 1.62. The van der Waals surface area contributed by atoms with E-state index in [9.17, 15) is 9.59 Å². The molecule has 1 rings (SSSR count). The van der Waals surface area contributed by atoms with E-state index >= 15 is 0 Å². The summed E-state index contributed by atoms with van der Waals surface area (Å²) in [6.07, 6.45) is 5.40. The quantitative estimate of drug-likeness (QED) is 0.604. The van der Waals surface area contributed by atoms with Gasteiger partial charge in [0.1, 0.15) is 17.7 Å². The Morgan fingerprint density at radius 3 is 2.33 bits per heavy atom. The van der Waals surface area contributed by atoms with Crippen LogP contribution in [0.4, 0.5) is 4.79 Å². The first-order valence-corrected chi connectivity index (χ1v) is 6.85. The summed E-state index contributed by atoms with van der Waals surface area (Å²) in [6, 6.07) is 0. The molecule has 0 aliphatic heterocycles. The predicted octanol–water partition coefficient (Wildman–Crippen LogP) is 2.89. The molecule has 1 aliphatic carbocycles. The van der Waals surface area contributed by atoms with Gasteiger partial charge in [-0.25, -0.2) is 9.59 Å². The molecule has 1 fully saturated rings. The Morgan fingerprint density at radius 1 is 1.29 bits per heavy atom. The number of amides is 1. The molecule has 1 N–H and O–H groups in total. The fraction of sp³-hybridized carbons (Fsp3) is 0.500. The largest absolute Gasteiger partial charge is 0.459 e. The fourth-order valence-corrected chi connectivity index (χ4v) is 1.62. The van der Waals surface area contributed by atoms with E-state index in [1.807, 2.05) is 0 Å². The highest BCUT2D eigenvalue weighted by atomic mass is 16.6. The lowest BCUT2D eigenvalue weighted by Gasteiger charge is -2.22. The van der Waals surface area contributed by atoms with E-state index in [1.54, 1.807) is 39.0 Å². The summed E-state index contributed by atoms with van der Waals surface area (Å²) in [7, 11) is 0. The van der Waals surface area contributed by atoms with Crippen molar-refractivity contribution in [1.29, 1.82) is 0 Å². The number of esters is 1.